The molecular formula is C8H12NO3P. The van der Waals surface area contributed by atoms with Gasteiger partial charge >= 0.3 is 77.6 Å². The van der Waals surface area contributed by atoms with Gasteiger partial charge in [-0.25, -0.2) is 0 Å². The molecule has 1 aliphatic rings. The van der Waals surface area contributed by atoms with Crippen LogP contribution < -0.4 is 0 Å². The van der Waals surface area contributed by atoms with E-state index in [1.807, 2.05) is 0 Å². The molecular weight excluding hydrogens is 189 g/mol. The van der Waals surface area contributed by atoms with Crippen LogP contribution in [0.25, 0.3) is 0 Å². The summed E-state index contributed by atoms with van der Waals surface area (Å²) in [5.74, 6) is 2.34. The molecule has 0 unspecified atom stereocenters. The third-order valence-corrected chi connectivity index (χ3v) is 2.32. The van der Waals surface area contributed by atoms with E-state index >= 15 is 0 Å². The van der Waals surface area contributed by atoms with Crippen LogP contribution in [0.2, 0.25) is 0 Å². The van der Waals surface area contributed by atoms with Crippen LogP contribution in [0, 0.1) is 5.75 Å². The van der Waals surface area contributed by atoms with Gasteiger partial charge in [0, 0.05) is 0 Å². The van der Waals surface area contributed by atoms with Crippen LogP contribution >= 0.6 is 7.92 Å². The summed E-state index contributed by atoms with van der Waals surface area (Å²) >= 11 is 0. The van der Waals surface area contributed by atoms with Gasteiger partial charge in [0.25, 0.3) is 0 Å². The molecule has 4 nitrogen and oxygen atoms in total. The second-order valence-electron chi connectivity index (χ2n) is 2.79. The first kappa shape index (κ1) is 10.5. The maximum absolute atomic E-state index is 11.3. The quantitative estimate of drug-likeness (QED) is 0.497. The van der Waals surface area contributed by atoms with Crippen LogP contribution in [0.15, 0.2) is 0 Å². The summed E-state index contributed by atoms with van der Waals surface area (Å²) in [6.07, 6.45) is 1.69. The number of hydrogen-bond donors (Lipinski definition) is 0. The summed E-state index contributed by atoms with van der Waals surface area (Å²) in [6.45, 7) is 2.90. The first-order chi connectivity index (χ1) is 6.29. The molecule has 0 aromatic heterocycles. The summed E-state index contributed by atoms with van der Waals surface area (Å²) < 4.78 is 15.2. The topological polar surface area (TPSA) is 46.6 Å². The molecule has 0 saturated carbocycles. The molecule has 0 aromatic carbocycles. The zero-order valence-corrected chi connectivity index (χ0v) is 8.42. The van der Waals surface area contributed by atoms with Crippen molar-refractivity contribution in [1.82, 2.24) is 4.90 Å². The zero-order chi connectivity index (χ0) is 9.68. The number of esters is 1. The van der Waals surface area contributed by atoms with E-state index in [0.29, 0.717) is 6.61 Å². The van der Waals surface area contributed by atoms with E-state index in [1.165, 1.54) is 0 Å². The monoisotopic (exact) mass is 201 g/mol. The van der Waals surface area contributed by atoms with Crippen LogP contribution in [0.3, 0.4) is 0 Å². The van der Waals surface area contributed by atoms with E-state index in [0.717, 1.165) is 19.4 Å². The molecule has 5 heteroatoms. The first-order valence-electron chi connectivity index (χ1n) is 4.31. The van der Waals surface area contributed by atoms with E-state index < -0.39 is 0 Å². The molecule has 1 heterocycles. The van der Waals surface area contributed by atoms with Gasteiger partial charge in [-0.1, -0.05) is 0 Å². The third kappa shape index (κ3) is 2.70. The van der Waals surface area contributed by atoms with Crippen LogP contribution in [-0.2, 0) is 14.1 Å². The van der Waals surface area contributed by atoms with Crippen molar-refractivity contribution in [1.29, 1.82) is 0 Å². The van der Waals surface area contributed by atoms with Gasteiger partial charge in [-0.05, 0) is 0 Å². The van der Waals surface area contributed by atoms with Crippen molar-refractivity contribution in [3.63, 3.8) is 0 Å². The van der Waals surface area contributed by atoms with Gasteiger partial charge in [0.15, 0.2) is 0 Å². The van der Waals surface area contributed by atoms with Crippen molar-refractivity contribution in [2.75, 3.05) is 13.2 Å². The molecule has 1 atom stereocenters. The minimum absolute atomic E-state index is 0.177. The van der Waals surface area contributed by atoms with E-state index in [2.05, 4.69) is 5.75 Å². The molecule has 1 saturated heterocycles. The fourth-order valence-electron chi connectivity index (χ4n) is 1.42. The fourth-order valence-corrected chi connectivity index (χ4v) is 1.77. The Hall–Kier alpha value is -0.560. The molecule has 1 fully saturated rings. The van der Waals surface area contributed by atoms with Gasteiger partial charge < -0.3 is 0 Å². The Morgan fingerprint density at radius 1 is 1.77 bits per heavy atom. The SMILES string of the molecule is CCOC(=O)[C@@H]1CCCN1C#P=O. The molecule has 0 spiro atoms. The van der Waals surface area contributed by atoms with Crippen molar-refractivity contribution < 1.29 is 14.1 Å². The van der Waals surface area contributed by atoms with Gasteiger partial charge in [-0.3, -0.25) is 0 Å². The average molecular weight is 201 g/mol. The van der Waals surface area contributed by atoms with E-state index in [4.69, 9.17) is 4.74 Å². The van der Waals surface area contributed by atoms with Crippen molar-refractivity contribution in [2.24, 2.45) is 0 Å². The number of rotatable bonds is 2. The van der Waals surface area contributed by atoms with Crippen molar-refractivity contribution in [2.45, 2.75) is 25.8 Å². The molecule has 0 bridgehead atoms. The van der Waals surface area contributed by atoms with Crippen LogP contribution in [-0.4, -0.2) is 30.1 Å². The predicted octanol–water partition coefficient (Wildman–Crippen LogP) is 1.22. The minimum atomic E-state index is -0.276. The first-order valence-corrected chi connectivity index (χ1v) is 5.12. The van der Waals surface area contributed by atoms with Gasteiger partial charge in [0.1, 0.15) is 0 Å². The Bertz CT molecular complexity index is 285. The zero-order valence-electron chi connectivity index (χ0n) is 7.52. The van der Waals surface area contributed by atoms with Gasteiger partial charge in [-0.15, -0.1) is 0 Å². The average Bonchev–Trinajstić information content (AvgIpc) is 2.54. The second-order valence-corrected chi connectivity index (χ2v) is 3.18. The van der Waals surface area contributed by atoms with E-state index in [1.54, 1.807) is 11.8 Å². The second kappa shape index (κ2) is 5.23. The number of carbonyl (C=O) groups is 1. The number of likely N-dealkylation sites (tertiary alicyclic amines) is 1. The van der Waals surface area contributed by atoms with Crippen LogP contribution in [0.1, 0.15) is 19.8 Å². The molecule has 0 aromatic rings. The molecule has 0 N–H and O–H groups in total. The standard InChI is InChI=1S/C8H12NO3P/c1-2-12-8(10)7-4-3-5-9(7)6-13-11/h7H,2-5H2,1H3/t7-/m0/s1. The molecule has 72 valence electrons. The molecule has 1 aliphatic heterocycles. The summed E-state index contributed by atoms with van der Waals surface area (Å²) in [6, 6.07) is -0.276. The number of nitrogens with zero attached hydrogens (tertiary/aromatic N) is 1. The number of carbonyl (C=O) groups excluding carboxylic acids is 1. The predicted molar refractivity (Wildman–Crippen MR) is 47.9 cm³/mol. The van der Waals surface area contributed by atoms with Gasteiger partial charge in [0.2, 0.25) is 0 Å². The van der Waals surface area contributed by atoms with Gasteiger partial charge in [0.05, 0.1) is 0 Å². The Morgan fingerprint density at radius 2 is 2.54 bits per heavy atom. The third-order valence-electron chi connectivity index (χ3n) is 1.98. The van der Waals surface area contributed by atoms with Crippen molar-refractivity contribution in [3.05, 3.63) is 0 Å². The Balaban J connectivity index is 2.60. The Morgan fingerprint density at radius 3 is 3.15 bits per heavy atom. The van der Waals surface area contributed by atoms with E-state index in [9.17, 15) is 9.36 Å². The molecule has 1 rings (SSSR count). The maximum atomic E-state index is 11.3. The normalized spacial score (nSPS) is 22.4. The summed E-state index contributed by atoms with van der Waals surface area (Å²) in [5, 5.41) is 0. The summed E-state index contributed by atoms with van der Waals surface area (Å²) in [5.41, 5.74) is 0. The van der Waals surface area contributed by atoms with E-state index in [-0.39, 0.29) is 19.9 Å². The van der Waals surface area contributed by atoms with Crippen molar-refractivity contribution >= 4 is 13.9 Å². The molecule has 13 heavy (non-hydrogen) atoms. The Kier molecular flexibility index (Phi) is 4.23. The fraction of sp³-hybridized carbons (Fsp3) is 0.750. The number of ether oxygens (including phenoxy) is 1. The van der Waals surface area contributed by atoms with Crippen molar-refractivity contribution in [3.8, 4) is 5.75 Å². The van der Waals surface area contributed by atoms with Crippen LogP contribution in [0.5, 0.6) is 0 Å². The molecule has 0 amide bonds. The molecule has 0 radical (unpaired) electrons. The Labute approximate surface area is 78.4 Å². The van der Waals surface area contributed by atoms with Gasteiger partial charge in [-0.2, -0.15) is 0 Å². The molecule has 0 aliphatic carbocycles. The summed E-state index contributed by atoms with van der Waals surface area (Å²) in [4.78, 5) is 13.0. The van der Waals surface area contributed by atoms with Crippen LogP contribution in [0.4, 0.5) is 0 Å². The number of hydrogen-bond acceptors (Lipinski definition) is 4. The summed E-state index contributed by atoms with van der Waals surface area (Å²) in [7, 11) is -0.177.